The van der Waals surface area contributed by atoms with Gasteiger partial charge in [0.25, 0.3) is 0 Å². The van der Waals surface area contributed by atoms with Crippen molar-refractivity contribution in [3.8, 4) is 0 Å². The fourth-order valence-electron chi connectivity index (χ4n) is 1.02. The van der Waals surface area contributed by atoms with Crippen molar-refractivity contribution in [2.45, 2.75) is 19.5 Å². The Balaban J connectivity index is 2.41. The van der Waals surface area contributed by atoms with Crippen molar-refractivity contribution in [2.75, 3.05) is 0 Å². The third kappa shape index (κ3) is 3.92. The maximum Gasteiger partial charge on any atom is 0.318 e. The number of urea groups is 1. The Hall–Kier alpha value is -0.920. The number of halogens is 1. The number of thiophene rings is 1. The van der Waals surface area contributed by atoms with Gasteiger partial charge in [0.2, 0.25) is 5.91 Å². The van der Waals surface area contributed by atoms with Crippen molar-refractivity contribution in [2.24, 2.45) is 5.73 Å². The number of rotatable bonds is 4. The number of carbonyl (C=O) groups excluding carboxylic acids is 2. The Morgan fingerprint density at radius 1 is 1.62 bits per heavy atom. The minimum absolute atomic E-state index is 0.430. The molecule has 0 aliphatic heterocycles. The van der Waals surface area contributed by atoms with E-state index in [2.05, 4.69) is 21.2 Å². The fourth-order valence-corrected chi connectivity index (χ4v) is 2.46. The van der Waals surface area contributed by atoms with Gasteiger partial charge in [-0.2, -0.15) is 0 Å². The molecule has 1 unspecified atom stereocenters. The summed E-state index contributed by atoms with van der Waals surface area (Å²) in [5.41, 5.74) is 4.84. The fraction of sp³-hybridized carbons (Fsp3) is 0.333. The van der Waals surface area contributed by atoms with Crippen molar-refractivity contribution in [3.05, 3.63) is 20.8 Å². The minimum Gasteiger partial charge on any atom is -0.351 e. The Morgan fingerprint density at radius 3 is 2.81 bits per heavy atom. The van der Waals surface area contributed by atoms with E-state index in [4.69, 9.17) is 5.73 Å². The van der Waals surface area contributed by atoms with Gasteiger partial charge in [-0.15, -0.1) is 11.3 Å². The van der Waals surface area contributed by atoms with Crippen LogP contribution in [0.4, 0.5) is 4.79 Å². The van der Waals surface area contributed by atoms with Gasteiger partial charge in [0.05, 0.1) is 6.04 Å². The molecule has 1 atom stereocenters. The van der Waals surface area contributed by atoms with Crippen LogP contribution in [0.5, 0.6) is 0 Å². The molecule has 7 heteroatoms. The van der Waals surface area contributed by atoms with Gasteiger partial charge in [-0.1, -0.05) is 0 Å². The van der Waals surface area contributed by atoms with Crippen LogP contribution in [0, 0.1) is 0 Å². The van der Waals surface area contributed by atoms with Gasteiger partial charge in [0.1, 0.15) is 0 Å². The van der Waals surface area contributed by atoms with Gasteiger partial charge < -0.3 is 11.1 Å². The Labute approximate surface area is 106 Å². The highest BCUT2D eigenvalue weighted by Gasteiger charge is 2.14. The molecule has 0 bridgehead atoms. The van der Waals surface area contributed by atoms with E-state index < -0.39 is 18.0 Å². The largest absolute Gasteiger partial charge is 0.351 e. The average molecular weight is 306 g/mol. The zero-order chi connectivity index (χ0) is 12.1. The summed E-state index contributed by atoms with van der Waals surface area (Å²) in [5, 5.41) is 6.96. The molecule has 0 aliphatic rings. The van der Waals surface area contributed by atoms with Crippen molar-refractivity contribution in [3.63, 3.8) is 0 Å². The number of nitrogens with two attached hydrogens (primary N) is 1. The second kappa shape index (κ2) is 5.97. The third-order valence-electron chi connectivity index (χ3n) is 1.90. The highest BCUT2D eigenvalue weighted by atomic mass is 79.9. The lowest BCUT2D eigenvalue weighted by Crippen LogP contribution is -2.46. The van der Waals surface area contributed by atoms with Gasteiger partial charge in [-0.05, 0) is 34.3 Å². The lowest BCUT2D eigenvalue weighted by Gasteiger charge is -2.11. The normalized spacial score (nSPS) is 12.1. The molecule has 1 aromatic heterocycles. The van der Waals surface area contributed by atoms with Crippen molar-refractivity contribution < 1.29 is 9.59 Å². The first-order valence-corrected chi connectivity index (χ1v) is 6.23. The smallest absolute Gasteiger partial charge is 0.318 e. The molecule has 0 fully saturated rings. The van der Waals surface area contributed by atoms with E-state index in [-0.39, 0.29) is 0 Å². The van der Waals surface area contributed by atoms with Crippen LogP contribution in [0.25, 0.3) is 0 Å². The van der Waals surface area contributed by atoms with E-state index >= 15 is 0 Å². The molecule has 0 saturated heterocycles. The minimum atomic E-state index is -0.837. The second-order valence-electron chi connectivity index (χ2n) is 3.15. The number of amides is 3. The first kappa shape index (κ1) is 13.1. The number of imide groups is 1. The molecule has 0 spiro atoms. The quantitative estimate of drug-likeness (QED) is 0.781. The lowest BCUT2D eigenvalue weighted by molar-refractivity contribution is -0.121. The van der Waals surface area contributed by atoms with Gasteiger partial charge in [0, 0.05) is 15.9 Å². The van der Waals surface area contributed by atoms with E-state index in [0.717, 1.165) is 9.35 Å². The average Bonchev–Trinajstić information content (AvgIpc) is 2.59. The SMILES string of the molecule is CC(NCc1sccc1Br)C(=O)NC(N)=O. The molecule has 1 rings (SSSR count). The Bertz CT molecular complexity index is 394. The molecular formula is C9H12BrN3O2S. The molecule has 5 nitrogen and oxygen atoms in total. The monoisotopic (exact) mass is 305 g/mol. The van der Waals surface area contributed by atoms with Crippen LogP contribution >= 0.6 is 27.3 Å². The zero-order valence-electron chi connectivity index (χ0n) is 8.62. The summed E-state index contributed by atoms with van der Waals surface area (Å²) in [6.07, 6.45) is 0. The van der Waals surface area contributed by atoms with Crippen LogP contribution < -0.4 is 16.4 Å². The van der Waals surface area contributed by atoms with Gasteiger partial charge in [0.15, 0.2) is 0 Å². The Morgan fingerprint density at radius 2 is 2.31 bits per heavy atom. The molecule has 4 N–H and O–H groups in total. The molecule has 16 heavy (non-hydrogen) atoms. The number of carbonyl (C=O) groups is 2. The van der Waals surface area contributed by atoms with Crippen LogP contribution in [-0.4, -0.2) is 18.0 Å². The summed E-state index contributed by atoms with van der Waals surface area (Å²) in [6.45, 7) is 2.23. The Kier molecular flexibility index (Phi) is 4.91. The van der Waals surface area contributed by atoms with Gasteiger partial charge in [-0.3, -0.25) is 10.1 Å². The van der Waals surface area contributed by atoms with Gasteiger partial charge in [-0.25, -0.2) is 4.79 Å². The molecule has 88 valence electrons. The summed E-state index contributed by atoms with van der Waals surface area (Å²) in [4.78, 5) is 22.9. The molecule has 0 radical (unpaired) electrons. The highest BCUT2D eigenvalue weighted by molar-refractivity contribution is 9.10. The van der Waals surface area contributed by atoms with E-state index in [1.165, 1.54) is 0 Å². The van der Waals surface area contributed by atoms with E-state index in [1.54, 1.807) is 18.3 Å². The number of hydrogen-bond acceptors (Lipinski definition) is 4. The molecule has 3 amide bonds. The molecule has 0 aromatic carbocycles. The molecular weight excluding hydrogens is 294 g/mol. The number of nitrogens with one attached hydrogen (secondary N) is 2. The number of primary amides is 1. The first-order chi connectivity index (χ1) is 7.50. The predicted molar refractivity (Wildman–Crippen MR) is 66.0 cm³/mol. The van der Waals surface area contributed by atoms with E-state index in [0.29, 0.717) is 6.54 Å². The zero-order valence-corrected chi connectivity index (χ0v) is 11.0. The maximum absolute atomic E-state index is 11.3. The van der Waals surface area contributed by atoms with E-state index in [1.807, 2.05) is 16.8 Å². The standard InChI is InChI=1S/C9H12BrN3O2S/c1-5(8(14)13-9(11)15)12-4-7-6(10)2-3-16-7/h2-3,5,12H,4H2,1H3,(H3,11,13,14,15). The number of hydrogen-bond donors (Lipinski definition) is 3. The summed E-state index contributed by atoms with van der Waals surface area (Å²) in [5.74, 6) is -0.430. The van der Waals surface area contributed by atoms with Crippen LogP contribution in [0.15, 0.2) is 15.9 Å². The van der Waals surface area contributed by atoms with Crippen LogP contribution in [0.1, 0.15) is 11.8 Å². The third-order valence-corrected chi connectivity index (χ3v) is 3.83. The predicted octanol–water partition coefficient (Wildman–Crippen LogP) is 1.18. The summed E-state index contributed by atoms with van der Waals surface area (Å²) >= 11 is 4.97. The first-order valence-electron chi connectivity index (χ1n) is 4.56. The molecule has 0 saturated carbocycles. The van der Waals surface area contributed by atoms with Crippen LogP contribution in [0.3, 0.4) is 0 Å². The second-order valence-corrected chi connectivity index (χ2v) is 5.00. The molecule has 1 aromatic rings. The summed E-state index contributed by atoms with van der Waals surface area (Å²) in [6, 6.07) is 0.632. The maximum atomic E-state index is 11.3. The lowest BCUT2D eigenvalue weighted by atomic mass is 10.3. The topological polar surface area (TPSA) is 84.2 Å². The highest BCUT2D eigenvalue weighted by Crippen LogP contribution is 2.22. The summed E-state index contributed by atoms with van der Waals surface area (Å²) in [7, 11) is 0. The van der Waals surface area contributed by atoms with Crippen molar-refractivity contribution in [1.82, 2.24) is 10.6 Å². The van der Waals surface area contributed by atoms with Crippen molar-refractivity contribution >= 4 is 39.2 Å². The molecule has 1 heterocycles. The van der Waals surface area contributed by atoms with E-state index in [9.17, 15) is 9.59 Å². The molecule has 0 aliphatic carbocycles. The van der Waals surface area contributed by atoms with Gasteiger partial charge >= 0.3 is 6.03 Å². The van der Waals surface area contributed by atoms with Crippen LogP contribution in [-0.2, 0) is 11.3 Å². The van der Waals surface area contributed by atoms with Crippen LogP contribution in [0.2, 0.25) is 0 Å². The summed E-state index contributed by atoms with van der Waals surface area (Å²) < 4.78 is 1.01. The van der Waals surface area contributed by atoms with Crippen molar-refractivity contribution in [1.29, 1.82) is 0 Å².